The van der Waals surface area contributed by atoms with Gasteiger partial charge in [-0.3, -0.25) is 19.4 Å². The number of piperazine rings is 2. The number of hydrogen-bond acceptors (Lipinski definition) is 6. The molecule has 10 rings (SSSR count). The number of rotatable bonds is 6. The molecule has 9 heteroatoms. The van der Waals surface area contributed by atoms with Gasteiger partial charge in [-0.25, -0.2) is 0 Å². The Balaban J connectivity index is 0.000000166. The topological polar surface area (TPSA) is 85.1 Å². The van der Waals surface area contributed by atoms with Crippen molar-refractivity contribution in [3.05, 3.63) is 180 Å². The van der Waals surface area contributed by atoms with E-state index in [1.54, 1.807) is 0 Å². The molecule has 4 aliphatic rings. The van der Waals surface area contributed by atoms with E-state index in [0.717, 1.165) is 109 Å². The molecule has 2 fully saturated rings. The summed E-state index contributed by atoms with van der Waals surface area (Å²) >= 11 is 0. The van der Waals surface area contributed by atoms with E-state index in [0.29, 0.717) is 0 Å². The van der Waals surface area contributed by atoms with Gasteiger partial charge in [0.25, 0.3) is 11.8 Å². The van der Waals surface area contributed by atoms with Gasteiger partial charge < -0.3 is 25.1 Å². The number of carbonyl (C=O) groups is 2. The largest absolute Gasteiger partial charge is 0.412 e. The van der Waals surface area contributed by atoms with Crippen LogP contribution in [0.5, 0.6) is 0 Å². The molecular formula is C52H52N6O3. The fraction of sp³-hybridized carbons (Fsp3) is 0.192. The molecular weight excluding hydrogens is 757 g/mol. The van der Waals surface area contributed by atoms with E-state index in [1.165, 1.54) is 11.4 Å². The lowest BCUT2D eigenvalue weighted by molar-refractivity contribution is -0.113. The highest BCUT2D eigenvalue weighted by molar-refractivity contribution is 6.39. The third-order valence-corrected chi connectivity index (χ3v) is 11.9. The van der Waals surface area contributed by atoms with Crippen molar-refractivity contribution >= 4 is 69.2 Å². The second-order valence-corrected chi connectivity index (χ2v) is 15.8. The molecule has 6 aromatic carbocycles. The van der Waals surface area contributed by atoms with E-state index in [2.05, 4.69) is 82.2 Å². The zero-order valence-electron chi connectivity index (χ0n) is 34.8. The van der Waals surface area contributed by atoms with Crippen molar-refractivity contribution in [2.24, 2.45) is 0 Å². The van der Waals surface area contributed by atoms with E-state index in [1.807, 2.05) is 131 Å². The summed E-state index contributed by atoms with van der Waals surface area (Å²) in [7, 11) is 4.33. The maximum Gasteiger partial charge on any atom is 0.263 e. The molecule has 4 heterocycles. The van der Waals surface area contributed by atoms with Gasteiger partial charge in [-0.2, -0.15) is 0 Å². The molecule has 0 saturated carbocycles. The van der Waals surface area contributed by atoms with Crippen LogP contribution < -0.4 is 19.6 Å². The number of anilines is 6. The summed E-state index contributed by atoms with van der Waals surface area (Å²) in [5, 5.41) is 0. The second kappa shape index (κ2) is 18.2. The number of carbonyl (C=O) groups excluding carboxylic acids is 2. The van der Waals surface area contributed by atoms with Gasteiger partial charge in [0.15, 0.2) is 0 Å². The molecule has 0 radical (unpaired) electrons. The van der Waals surface area contributed by atoms with Crippen LogP contribution in [0.4, 0.5) is 34.1 Å². The van der Waals surface area contributed by atoms with Crippen LogP contribution in [0.15, 0.2) is 158 Å². The molecule has 308 valence electrons. The molecule has 0 bridgehead atoms. The van der Waals surface area contributed by atoms with Crippen LogP contribution in [0.1, 0.15) is 22.3 Å². The first-order chi connectivity index (χ1) is 29.4. The number of nitrogens with zero attached hydrogens (tertiary/aromatic N) is 6. The monoisotopic (exact) mass is 808 g/mol. The molecule has 2 saturated heterocycles. The summed E-state index contributed by atoms with van der Waals surface area (Å²) in [4.78, 5) is 40.3. The minimum Gasteiger partial charge on any atom is -0.412 e. The van der Waals surface area contributed by atoms with Crippen molar-refractivity contribution in [2.45, 2.75) is 0 Å². The smallest absolute Gasteiger partial charge is 0.263 e. The van der Waals surface area contributed by atoms with Crippen molar-refractivity contribution in [3.63, 3.8) is 0 Å². The zero-order valence-corrected chi connectivity index (χ0v) is 34.8. The number of likely N-dealkylation sites (N-methyl/N-ethyl adjacent to an activating group) is 2. The number of benzene rings is 6. The Bertz CT molecular complexity index is 2380. The van der Waals surface area contributed by atoms with Gasteiger partial charge in [0.05, 0.1) is 22.5 Å². The number of amides is 2. The Morgan fingerprint density at radius 1 is 0.377 bits per heavy atom. The predicted octanol–water partition coefficient (Wildman–Crippen LogP) is 8.49. The highest BCUT2D eigenvalue weighted by Gasteiger charge is 2.35. The van der Waals surface area contributed by atoms with Gasteiger partial charge in [0, 0.05) is 86.2 Å². The molecule has 6 aromatic rings. The van der Waals surface area contributed by atoms with Crippen LogP contribution in [0.25, 0.3) is 23.3 Å². The van der Waals surface area contributed by atoms with E-state index < -0.39 is 0 Å². The molecule has 0 aromatic heterocycles. The lowest BCUT2D eigenvalue weighted by Gasteiger charge is -2.35. The van der Waals surface area contributed by atoms with Gasteiger partial charge in [0.2, 0.25) is 0 Å². The maximum absolute atomic E-state index is 13.5. The fourth-order valence-corrected chi connectivity index (χ4v) is 8.63. The first-order valence-electron chi connectivity index (χ1n) is 20.9. The minimum atomic E-state index is 0. The Morgan fingerprint density at radius 3 is 1.07 bits per heavy atom. The fourth-order valence-electron chi connectivity index (χ4n) is 8.63. The Kier molecular flexibility index (Phi) is 12.2. The number of para-hydroxylation sites is 6. The highest BCUT2D eigenvalue weighted by Crippen LogP contribution is 2.44. The van der Waals surface area contributed by atoms with Crippen LogP contribution in [-0.4, -0.2) is 93.5 Å². The van der Waals surface area contributed by atoms with E-state index in [4.69, 9.17) is 0 Å². The average molecular weight is 809 g/mol. The van der Waals surface area contributed by atoms with Crippen molar-refractivity contribution < 1.29 is 15.1 Å². The third-order valence-electron chi connectivity index (χ3n) is 11.9. The molecule has 9 nitrogen and oxygen atoms in total. The van der Waals surface area contributed by atoms with E-state index in [-0.39, 0.29) is 17.3 Å². The lowest BCUT2D eigenvalue weighted by Crippen LogP contribution is -2.44. The summed E-state index contributed by atoms with van der Waals surface area (Å²) in [6, 6.07) is 52.7. The van der Waals surface area contributed by atoms with Crippen LogP contribution in [0, 0.1) is 0 Å². The Labute approximate surface area is 359 Å². The SMILES string of the molecule is CN1CCN(c2ccccc2/C=C2/C(=O)N(c3ccccc3)c3ccccc32)CC1.CN1CCN(c2ccccc2/C=C2/C(=O)N(c3ccccc3)c3ccccc32)CC1.O. The van der Waals surface area contributed by atoms with E-state index in [9.17, 15) is 9.59 Å². The van der Waals surface area contributed by atoms with Crippen LogP contribution in [0.3, 0.4) is 0 Å². The van der Waals surface area contributed by atoms with Crippen molar-refractivity contribution in [1.29, 1.82) is 0 Å². The summed E-state index contributed by atoms with van der Waals surface area (Å²) in [5.74, 6) is 0.0474. The molecule has 2 N–H and O–H groups in total. The molecule has 0 atom stereocenters. The normalized spacial score (nSPS) is 17.9. The van der Waals surface area contributed by atoms with Crippen molar-refractivity contribution in [2.75, 3.05) is 86.1 Å². The summed E-state index contributed by atoms with van der Waals surface area (Å²) < 4.78 is 0. The van der Waals surface area contributed by atoms with Crippen molar-refractivity contribution in [1.82, 2.24) is 9.80 Å². The first-order valence-corrected chi connectivity index (χ1v) is 20.9. The van der Waals surface area contributed by atoms with Gasteiger partial charge in [-0.1, -0.05) is 109 Å². The lowest BCUT2D eigenvalue weighted by atomic mass is 10.0. The van der Waals surface area contributed by atoms with Gasteiger partial charge in [-0.05, 0) is 85.9 Å². The van der Waals surface area contributed by atoms with Crippen LogP contribution in [-0.2, 0) is 9.59 Å². The quantitative estimate of drug-likeness (QED) is 0.157. The average Bonchev–Trinajstić information content (AvgIpc) is 3.74. The third kappa shape index (κ3) is 8.36. The summed E-state index contributed by atoms with van der Waals surface area (Å²) in [6.45, 7) is 8.19. The summed E-state index contributed by atoms with van der Waals surface area (Å²) in [5.41, 5.74) is 11.7. The number of hydrogen-bond donors (Lipinski definition) is 0. The zero-order chi connectivity index (χ0) is 41.0. The first kappa shape index (κ1) is 41.0. The Morgan fingerprint density at radius 2 is 0.689 bits per heavy atom. The van der Waals surface area contributed by atoms with Crippen LogP contribution in [0.2, 0.25) is 0 Å². The minimum absolute atomic E-state index is 0. The molecule has 4 aliphatic heterocycles. The van der Waals surface area contributed by atoms with Gasteiger partial charge in [0.1, 0.15) is 0 Å². The van der Waals surface area contributed by atoms with Crippen LogP contribution >= 0.6 is 0 Å². The highest BCUT2D eigenvalue weighted by atomic mass is 16.2. The predicted molar refractivity (Wildman–Crippen MR) is 252 cm³/mol. The van der Waals surface area contributed by atoms with E-state index >= 15 is 0 Å². The number of fused-ring (bicyclic) bond motifs is 2. The molecule has 0 aliphatic carbocycles. The second-order valence-electron chi connectivity index (χ2n) is 15.8. The standard InChI is InChI=1S/2C26H25N3O.H2O/c2*1-27-15-17-28(18-16-27)24-13-7-5-9-20(24)19-23-22-12-6-8-14-25(22)29(26(23)30)21-10-3-2-4-11-21;/h2*2-14,19H,15-18H2,1H3;1H2/b2*23-19+;. The molecule has 0 unspecified atom stereocenters. The maximum atomic E-state index is 13.5. The summed E-state index contributed by atoms with van der Waals surface area (Å²) in [6.07, 6.45) is 4.13. The Hall–Kier alpha value is -6.78. The van der Waals surface area contributed by atoms with Gasteiger partial charge >= 0.3 is 0 Å². The molecule has 0 spiro atoms. The van der Waals surface area contributed by atoms with Gasteiger partial charge in [-0.15, -0.1) is 0 Å². The molecule has 2 amide bonds. The molecule has 61 heavy (non-hydrogen) atoms. The van der Waals surface area contributed by atoms with Crippen molar-refractivity contribution in [3.8, 4) is 0 Å².